The first-order valence-electron chi connectivity index (χ1n) is 9.48. The molecule has 2 aromatic heterocycles. The number of thiophene rings is 1. The van der Waals surface area contributed by atoms with E-state index in [1.807, 2.05) is 43.6 Å². The highest BCUT2D eigenvalue weighted by atomic mass is 32.1. The summed E-state index contributed by atoms with van der Waals surface area (Å²) >= 11 is 1.55. The van der Waals surface area contributed by atoms with Crippen molar-refractivity contribution in [3.05, 3.63) is 46.3 Å². The molecule has 0 radical (unpaired) electrons. The van der Waals surface area contributed by atoms with Crippen LogP contribution >= 0.6 is 11.3 Å². The standard InChI is InChI=1S/C20H31N5OS/c1-5-21-19(24-15-20(4,26)17-9-8-12-27-17)23-14-16-10-11-18(22-13-16)25(6-2)7-3/h8-13,26H,5-7,14-15H2,1-4H3,(H2,21,23,24). The molecule has 0 saturated carbocycles. The summed E-state index contributed by atoms with van der Waals surface area (Å²) in [6, 6.07) is 8.00. The van der Waals surface area contributed by atoms with E-state index in [0.717, 1.165) is 35.9 Å². The Kier molecular flexibility index (Phi) is 8.06. The molecule has 6 nitrogen and oxygen atoms in total. The van der Waals surface area contributed by atoms with Crippen LogP contribution in [-0.4, -0.2) is 42.2 Å². The molecule has 0 fully saturated rings. The van der Waals surface area contributed by atoms with Crippen LogP contribution in [0.25, 0.3) is 0 Å². The third-order valence-corrected chi connectivity index (χ3v) is 5.44. The summed E-state index contributed by atoms with van der Waals surface area (Å²) in [6.45, 7) is 11.7. The van der Waals surface area contributed by atoms with Crippen LogP contribution in [0.15, 0.2) is 40.8 Å². The molecular weight excluding hydrogens is 358 g/mol. The number of pyridine rings is 1. The molecular formula is C20H31N5OS. The normalized spacial score (nSPS) is 13.9. The highest BCUT2D eigenvalue weighted by molar-refractivity contribution is 7.10. The molecule has 7 heteroatoms. The average molecular weight is 390 g/mol. The SMILES string of the molecule is CCNC(=NCc1ccc(N(CC)CC)nc1)NCC(C)(O)c1cccs1. The summed E-state index contributed by atoms with van der Waals surface area (Å²) in [4.78, 5) is 12.3. The molecule has 3 N–H and O–H groups in total. The van der Waals surface area contributed by atoms with Crippen molar-refractivity contribution in [2.75, 3.05) is 31.1 Å². The van der Waals surface area contributed by atoms with E-state index >= 15 is 0 Å². The van der Waals surface area contributed by atoms with Gasteiger partial charge in [-0.2, -0.15) is 0 Å². The lowest BCUT2D eigenvalue weighted by molar-refractivity contribution is 0.0655. The predicted molar refractivity (Wildman–Crippen MR) is 115 cm³/mol. The average Bonchev–Trinajstić information content (AvgIpc) is 3.22. The minimum Gasteiger partial charge on any atom is -0.383 e. The van der Waals surface area contributed by atoms with Crippen LogP contribution < -0.4 is 15.5 Å². The summed E-state index contributed by atoms with van der Waals surface area (Å²) < 4.78 is 0. The van der Waals surface area contributed by atoms with Crippen molar-refractivity contribution in [2.45, 2.75) is 39.8 Å². The van der Waals surface area contributed by atoms with Crippen LogP contribution in [0.5, 0.6) is 0 Å². The Labute approximate surface area is 166 Å². The molecule has 0 aliphatic carbocycles. The minimum atomic E-state index is -0.933. The fourth-order valence-corrected chi connectivity index (χ4v) is 3.47. The number of aliphatic hydroxyl groups is 1. The van der Waals surface area contributed by atoms with Gasteiger partial charge in [0.2, 0.25) is 0 Å². The minimum absolute atomic E-state index is 0.387. The lowest BCUT2D eigenvalue weighted by atomic mass is 10.1. The number of aliphatic imine (C=N–C) groups is 1. The van der Waals surface area contributed by atoms with Gasteiger partial charge in [0.1, 0.15) is 11.4 Å². The summed E-state index contributed by atoms with van der Waals surface area (Å²) in [5.74, 6) is 1.67. The highest BCUT2D eigenvalue weighted by Crippen LogP contribution is 2.24. The zero-order valence-corrected chi connectivity index (χ0v) is 17.5. The second-order valence-electron chi connectivity index (χ2n) is 6.50. The predicted octanol–water partition coefficient (Wildman–Crippen LogP) is 2.95. The number of aromatic nitrogens is 1. The molecule has 0 spiro atoms. The molecule has 0 saturated heterocycles. The second-order valence-corrected chi connectivity index (χ2v) is 7.44. The van der Waals surface area contributed by atoms with Crippen LogP contribution in [0.2, 0.25) is 0 Å². The van der Waals surface area contributed by atoms with Gasteiger partial charge in [-0.25, -0.2) is 9.98 Å². The van der Waals surface area contributed by atoms with E-state index in [9.17, 15) is 5.11 Å². The Bertz CT molecular complexity index is 694. The number of anilines is 1. The molecule has 0 aromatic carbocycles. The monoisotopic (exact) mass is 389 g/mol. The van der Waals surface area contributed by atoms with E-state index in [0.29, 0.717) is 19.0 Å². The van der Waals surface area contributed by atoms with E-state index in [1.54, 1.807) is 11.3 Å². The molecule has 2 aromatic rings. The van der Waals surface area contributed by atoms with Gasteiger partial charge in [0.15, 0.2) is 5.96 Å². The van der Waals surface area contributed by atoms with Crippen molar-refractivity contribution in [3.8, 4) is 0 Å². The quantitative estimate of drug-likeness (QED) is 0.454. The van der Waals surface area contributed by atoms with Crippen molar-refractivity contribution in [3.63, 3.8) is 0 Å². The highest BCUT2D eigenvalue weighted by Gasteiger charge is 2.24. The summed E-state index contributed by atoms with van der Waals surface area (Å²) in [6.07, 6.45) is 1.88. The summed E-state index contributed by atoms with van der Waals surface area (Å²) in [5, 5.41) is 19.1. The molecule has 1 atom stereocenters. The van der Waals surface area contributed by atoms with Crippen molar-refractivity contribution in [1.82, 2.24) is 15.6 Å². The van der Waals surface area contributed by atoms with Crippen molar-refractivity contribution >= 4 is 23.1 Å². The lowest BCUT2D eigenvalue weighted by Crippen LogP contribution is -2.44. The molecule has 0 bridgehead atoms. The van der Waals surface area contributed by atoms with Gasteiger partial charge in [-0.1, -0.05) is 12.1 Å². The van der Waals surface area contributed by atoms with Crippen molar-refractivity contribution in [1.29, 1.82) is 0 Å². The lowest BCUT2D eigenvalue weighted by Gasteiger charge is -2.23. The number of hydrogen-bond donors (Lipinski definition) is 3. The van der Waals surface area contributed by atoms with Crippen LogP contribution in [0, 0.1) is 0 Å². The Balaban J connectivity index is 1.98. The maximum atomic E-state index is 10.7. The van der Waals surface area contributed by atoms with Gasteiger partial charge in [0.25, 0.3) is 0 Å². The zero-order valence-electron chi connectivity index (χ0n) is 16.7. The fourth-order valence-electron chi connectivity index (χ4n) is 2.68. The Morgan fingerprint density at radius 1 is 1.22 bits per heavy atom. The largest absolute Gasteiger partial charge is 0.383 e. The first-order valence-corrected chi connectivity index (χ1v) is 10.4. The molecule has 27 heavy (non-hydrogen) atoms. The third kappa shape index (κ3) is 6.22. The smallest absolute Gasteiger partial charge is 0.191 e. The molecule has 0 amide bonds. The third-order valence-electron chi connectivity index (χ3n) is 4.31. The van der Waals surface area contributed by atoms with Crippen LogP contribution in [0.3, 0.4) is 0 Å². The molecule has 2 rings (SSSR count). The zero-order chi connectivity index (χ0) is 19.7. The molecule has 0 aliphatic rings. The number of nitrogens with one attached hydrogen (secondary N) is 2. The van der Waals surface area contributed by atoms with Gasteiger partial charge in [-0.15, -0.1) is 11.3 Å². The molecule has 1 unspecified atom stereocenters. The van der Waals surface area contributed by atoms with E-state index in [1.165, 1.54) is 0 Å². The number of hydrogen-bond acceptors (Lipinski definition) is 5. The van der Waals surface area contributed by atoms with Crippen molar-refractivity contribution < 1.29 is 5.11 Å². The van der Waals surface area contributed by atoms with E-state index < -0.39 is 5.60 Å². The summed E-state index contributed by atoms with van der Waals surface area (Å²) in [7, 11) is 0. The van der Waals surface area contributed by atoms with Gasteiger partial charge in [-0.05, 0) is 50.8 Å². The number of rotatable bonds is 9. The van der Waals surface area contributed by atoms with Crippen LogP contribution in [0.1, 0.15) is 38.1 Å². The van der Waals surface area contributed by atoms with Gasteiger partial charge >= 0.3 is 0 Å². The van der Waals surface area contributed by atoms with Crippen LogP contribution in [0.4, 0.5) is 5.82 Å². The summed E-state index contributed by atoms with van der Waals surface area (Å²) in [5.41, 5.74) is 0.116. The Hall–Kier alpha value is -2.12. The Morgan fingerprint density at radius 3 is 2.56 bits per heavy atom. The first-order chi connectivity index (χ1) is 13.0. The van der Waals surface area contributed by atoms with E-state index in [4.69, 9.17) is 0 Å². The Morgan fingerprint density at radius 2 is 2.00 bits per heavy atom. The number of nitrogens with zero attached hydrogens (tertiary/aromatic N) is 3. The van der Waals surface area contributed by atoms with E-state index in [2.05, 4.69) is 45.4 Å². The van der Waals surface area contributed by atoms with Crippen molar-refractivity contribution in [2.24, 2.45) is 4.99 Å². The van der Waals surface area contributed by atoms with E-state index in [-0.39, 0.29) is 0 Å². The van der Waals surface area contributed by atoms with Crippen LogP contribution in [-0.2, 0) is 12.1 Å². The topological polar surface area (TPSA) is 72.8 Å². The first kappa shape index (κ1) is 21.2. The van der Waals surface area contributed by atoms with Gasteiger partial charge in [-0.3, -0.25) is 0 Å². The van der Waals surface area contributed by atoms with Gasteiger partial charge in [0, 0.05) is 30.7 Å². The number of guanidine groups is 1. The maximum Gasteiger partial charge on any atom is 0.191 e. The van der Waals surface area contributed by atoms with Gasteiger partial charge < -0.3 is 20.6 Å². The van der Waals surface area contributed by atoms with Gasteiger partial charge in [0.05, 0.1) is 13.1 Å². The molecule has 148 valence electrons. The molecule has 2 heterocycles. The molecule has 0 aliphatic heterocycles. The fraction of sp³-hybridized carbons (Fsp3) is 0.500. The second kappa shape index (κ2) is 10.3. The maximum absolute atomic E-state index is 10.7.